The predicted octanol–water partition coefficient (Wildman–Crippen LogP) is 3.82. The molecule has 12 heteroatoms. The van der Waals surface area contributed by atoms with Gasteiger partial charge < -0.3 is 10.3 Å². The Morgan fingerprint density at radius 1 is 1.06 bits per heavy atom. The van der Waals surface area contributed by atoms with Crippen LogP contribution in [0.1, 0.15) is 11.3 Å². The quantitative estimate of drug-likeness (QED) is 0.434. The fourth-order valence-corrected chi connectivity index (χ4v) is 3.25. The van der Waals surface area contributed by atoms with Crippen LogP contribution in [0.25, 0.3) is 33.7 Å². The van der Waals surface area contributed by atoms with Crippen LogP contribution >= 0.6 is 0 Å². The number of nitrogens with zero attached hydrogens (tertiary/aromatic N) is 6. The van der Waals surface area contributed by atoms with E-state index in [1.807, 2.05) is 0 Å². The first kappa shape index (κ1) is 18.9. The number of hydrogen-bond donors (Lipinski definition) is 1. The van der Waals surface area contributed by atoms with Gasteiger partial charge in [0.1, 0.15) is 22.7 Å². The Labute approximate surface area is 170 Å². The normalized spacial score (nSPS) is 12.1. The van der Waals surface area contributed by atoms with Gasteiger partial charge in [-0.05, 0) is 18.2 Å². The molecule has 4 aromatic heterocycles. The minimum absolute atomic E-state index is 0.0679. The second kappa shape index (κ2) is 6.72. The maximum absolute atomic E-state index is 14.1. The standard InChI is InChI=1S/C19H11F4N7O/c20-11-6-2-1-4-9(11)8-30-17-10(5-3-7-25-17)13(28-30)16-26-15(24)12-14(19(21,22)23)29-31-18(12)27-16/h1-7H,8H2,(H2,24,26,27). The van der Waals surface area contributed by atoms with Crippen molar-refractivity contribution in [1.82, 2.24) is 29.9 Å². The summed E-state index contributed by atoms with van der Waals surface area (Å²) in [7, 11) is 0. The second-order valence-electron chi connectivity index (χ2n) is 6.61. The van der Waals surface area contributed by atoms with Crippen molar-refractivity contribution in [3.63, 3.8) is 0 Å². The number of nitrogen functional groups attached to an aromatic ring is 1. The second-order valence-corrected chi connectivity index (χ2v) is 6.61. The van der Waals surface area contributed by atoms with Crippen molar-refractivity contribution in [2.24, 2.45) is 0 Å². The molecule has 5 rings (SSSR count). The molecule has 0 atom stereocenters. The van der Waals surface area contributed by atoms with E-state index < -0.39 is 34.6 Å². The van der Waals surface area contributed by atoms with E-state index in [9.17, 15) is 17.6 Å². The predicted molar refractivity (Wildman–Crippen MR) is 101 cm³/mol. The molecule has 0 spiro atoms. The molecular formula is C19H11F4N7O. The van der Waals surface area contributed by atoms with E-state index >= 15 is 0 Å². The van der Waals surface area contributed by atoms with Gasteiger partial charge in [0.25, 0.3) is 5.71 Å². The van der Waals surface area contributed by atoms with Crippen molar-refractivity contribution < 1.29 is 22.1 Å². The fourth-order valence-electron chi connectivity index (χ4n) is 3.25. The summed E-state index contributed by atoms with van der Waals surface area (Å²) < 4.78 is 59.7. The van der Waals surface area contributed by atoms with Crippen LogP contribution in [0.4, 0.5) is 23.4 Å². The highest BCUT2D eigenvalue weighted by Gasteiger charge is 2.39. The van der Waals surface area contributed by atoms with Crippen LogP contribution in [0, 0.1) is 5.82 Å². The van der Waals surface area contributed by atoms with E-state index in [4.69, 9.17) is 10.3 Å². The number of benzene rings is 1. The summed E-state index contributed by atoms with van der Waals surface area (Å²) in [4.78, 5) is 12.3. The Morgan fingerprint density at radius 3 is 2.65 bits per heavy atom. The Hall–Kier alpha value is -4.09. The van der Waals surface area contributed by atoms with Crippen LogP contribution in [-0.2, 0) is 12.7 Å². The van der Waals surface area contributed by atoms with Crippen LogP contribution < -0.4 is 5.73 Å². The molecule has 1 aromatic carbocycles. The van der Waals surface area contributed by atoms with E-state index in [0.29, 0.717) is 16.6 Å². The number of hydrogen-bond acceptors (Lipinski definition) is 7. The molecule has 31 heavy (non-hydrogen) atoms. The first-order valence-corrected chi connectivity index (χ1v) is 8.88. The third-order valence-electron chi connectivity index (χ3n) is 4.63. The Kier molecular flexibility index (Phi) is 4.10. The third-order valence-corrected chi connectivity index (χ3v) is 4.63. The lowest BCUT2D eigenvalue weighted by Crippen LogP contribution is -2.08. The molecule has 0 aliphatic heterocycles. The molecule has 156 valence electrons. The zero-order valence-electron chi connectivity index (χ0n) is 15.4. The number of alkyl halides is 3. The number of pyridine rings is 1. The molecule has 0 unspecified atom stereocenters. The summed E-state index contributed by atoms with van der Waals surface area (Å²) in [5, 5.41) is 7.44. The summed E-state index contributed by atoms with van der Waals surface area (Å²) in [5.74, 6) is -0.929. The average Bonchev–Trinajstić information content (AvgIpc) is 3.32. The topological polar surface area (TPSA) is 109 Å². The SMILES string of the molecule is Nc1nc(-c2nn(Cc3ccccc3F)c3ncccc23)nc2onc(C(F)(F)F)c12. The maximum Gasteiger partial charge on any atom is 0.437 e. The number of nitrogens with two attached hydrogens (primary N) is 1. The van der Waals surface area contributed by atoms with Gasteiger partial charge in [0, 0.05) is 11.8 Å². The number of anilines is 1. The van der Waals surface area contributed by atoms with E-state index in [1.54, 1.807) is 30.3 Å². The summed E-state index contributed by atoms with van der Waals surface area (Å²) in [5.41, 5.74) is 5.06. The van der Waals surface area contributed by atoms with Crippen LogP contribution in [-0.4, -0.2) is 29.9 Å². The van der Waals surface area contributed by atoms with Crippen LogP contribution in [0.2, 0.25) is 0 Å². The van der Waals surface area contributed by atoms with Crippen molar-refractivity contribution >= 4 is 28.0 Å². The van der Waals surface area contributed by atoms with Gasteiger partial charge in [-0.15, -0.1) is 0 Å². The van der Waals surface area contributed by atoms with E-state index in [2.05, 4.69) is 25.2 Å². The Morgan fingerprint density at radius 2 is 1.87 bits per heavy atom. The molecule has 4 heterocycles. The first-order valence-electron chi connectivity index (χ1n) is 8.88. The maximum atomic E-state index is 14.1. The number of halogens is 4. The number of fused-ring (bicyclic) bond motifs is 2. The lowest BCUT2D eigenvalue weighted by Gasteiger charge is -2.04. The number of aromatic nitrogens is 6. The molecule has 0 aliphatic carbocycles. The van der Waals surface area contributed by atoms with Crippen molar-refractivity contribution in [3.05, 3.63) is 59.7 Å². The third kappa shape index (κ3) is 3.12. The smallest absolute Gasteiger partial charge is 0.383 e. The zero-order valence-corrected chi connectivity index (χ0v) is 15.4. The molecule has 0 saturated heterocycles. The molecule has 5 aromatic rings. The highest BCUT2D eigenvalue weighted by molar-refractivity contribution is 5.93. The van der Waals surface area contributed by atoms with Gasteiger partial charge in [-0.3, -0.25) is 0 Å². The van der Waals surface area contributed by atoms with Crippen LogP contribution in [0.3, 0.4) is 0 Å². The van der Waals surface area contributed by atoms with E-state index in [1.165, 1.54) is 16.9 Å². The zero-order chi connectivity index (χ0) is 21.8. The molecule has 0 amide bonds. The van der Waals surface area contributed by atoms with Gasteiger partial charge in [-0.25, -0.2) is 19.0 Å². The van der Waals surface area contributed by atoms with Gasteiger partial charge in [-0.2, -0.15) is 23.3 Å². The van der Waals surface area contributed by atoms with Gasteiger partial charge in [0.05, 0.1) is 11.9 Å². The first-order chi connectivity index (χ1) is 14.8. The average molecular weight is 429 g/mol. The van der Waals surface area contributed by atoms with Gasteiger partial charge >= 0.3 is 6.18 Å². The molecule has 0 radical (unpaired) electrons. The van der Waals surface area contributed by atoms with Crippen molar-refractivity contribution in [2.75, 3.05) is 5.73 Å². The Balaban J connectivity index is 1.67. The van der Waals surface area contributed by atoms with Gasteiger partial charge in [-0.1, -0.05) is 23.4 Å². The molecule has 8 nitrogen and oxygen atoms in total. The monoisotopic (exact) mass is 429 g/mol. The molecule has 0 bridgehead atoms. The fraction of sp³-hybridized carbons (Fsp3) is 0.105. The molecule has 0 aliphatic rings. The summed E-state index contributed by atoms with van der Waals surface area (Å²) in [6.07, 6.45) is -3.24. The number of rotatable bonds is 3. The van der Waals surface area contributed by atoms with E-state index in [0.717, 1.165) is 0 Å². The lowest BCUT2D eigenvalue weighted by atomic mass is 10.2. The molecule has 0 saturated carbocycles. The molecule has 2 N–H and O–H groups in total. The molecule has 0 fully saturated rings. The van der Waals surface area contributed by atoms with Crippen molar-refractivity contribution in [3.8, 4) is 11.5 Å². The van der Waals surface area contributed by atoms with Crippen molar-refractivity contribution in [2.45, 2.75) is 12.7 Å². The van der Waals surface area contributed by atoms with Crippen LogP contribution in [0.15, 0.2) is 47.1 Å². The minimum Gasteiger partial charge on any atom is -0.383 e. The van der Waals surface area contributed by atoms with Crippen LogP contribution in [0.5, 0.6) is 0 Å². The van der Waals surface area contributed by atoms with E-state index in [-0.39, 0.29) is 18.1 Å². The molecular weight excluding hydrogens is 418 g/mol. The summed E-state index contributed by atoms with van der Waals surface area (Å²) >= 11 is 0. The van der Waals surface area contributed by atoms with Crippen molar-refractivity contribution in [1.29, 1.82) is 0 Å². The highest BCUT2D eigenvalue weighted by Crippen LogP contribution is 2.37. The summed E-state index contributed by atoms with van der Waals surface area (Å²) in [6, 6.07) is 9.54. The minimum atomic E-state index is -4.78. The van der Waals surface area contributed by atoms with Gasteiger partial charge in [0.15, 0.2) is 11.5 Å². The highest BCUT2D eigenvalue weighted by atomic mass is 19.4. The summed E-state index contributed by atoms with van der Waals surface area (Å²) in [6.45, 7) is 0.0679. The largest absolute Gasteiger partial charge is 0.437 e. The lowest BCUT2D eigenvalue weighted by molar-refractivity contribution is -0.141. The van der Waals surface area contributed by atoms with Gasteiger partial charge in [0.2, 0.25) is 5.69 Å². The Bertz CT molecular complexity index is 1440.